The third-order valence-electron chi connectivity index (χ3n) is 7.92. The molecular weight excluding hydrogens is 698 g/mol. The second-order valence-electron chi connectivity index (χ2n) is 11.7. The molecule has 2 fully saturated rings. The van der Waals surface area contributed by atoms with Gasteiger partial charge >= 0.3 is 29.8 Å². The first-order valence-corrected chi connectivity index (χ1v) is 16.8. The van der Waals surface area contributed by atoms with Gasteiger partial charge in [-0.25, -0.2) is 6.57 Å². The van der Waals surface area contributed by atoms with E-state index in [1.54, 1.807) is 13.0 Å². The lowest BCUT2D eigenvalue weighted by atomic mass is 9.74. The fourth-order valence-electron chi connectivity index (χ4n) is 5.48. The molecule has 2 aliphatic carbocycles. The largest absolute Gasteiger partial charge is 0.466 e. The Hall–Kier alpha value is -3.04. The van der Waals surface area contributed by atoms with Crippen molar-refractivity contribution in [1.82, 2.24) is 0 Å². The standard InChI is InChI=1S/C16H21F3N2O2.C10H17BrO2.C6H5F3N2/c1-3-23-14(22)13-6-4-5-12(9-13)10-15(11-20,21-2)7-8-16(17,18)19;1-2-13-10(12)9-5-3-4-8(6-9)7-11;7-6(8,9)2-1-5(3-10)4-11/h12-13H,3-10H2,1H3;8-9H,2-7H2,1H3;5H,1-2H2/t12-,13+,15?;8-,9+;/m00./s1. The minimum absolute atomic E-state index is 0.00755. The first kappa shape index (κ1) is 44.0. The number of hydrogen-bond acceptors (Lipinski definition) is 7. The van der Waals surface area contributed by atoms with E-state index < -0.39 is 49.5 Å². The number of alkyl halides is 7. The monoisotopic (exact) mass is 740 g/mol. The summed E-state index contributed by atoms with van der Waals surface area (Å²) < 4.78 is 81.7. The van der Waals surface area contributed by atoms with Crippen LogP contribution < -0.4 is 0 Å². The van der Waals surface area contributed by atoms with Crippen molar-refractivity contribution in [1.29, 1.82) is 15.8 Å². The fraction of sp³-hybridized carbons (Fsp3) is 0.812. The number of halogens is 7. The van der Waals surface area contributed by atoms with Crippen LogP contribution in [0.2, 0.25) is 0 Å². The van der Waals surface area contributed by atoms with Crippen LogP contribution >= 0.6 is 15.9 Å². The van der Waals surface area contributed by atoms with Crippen molar-refractivity contribution in [3.05, 3.63) is 11.4 Å². The molecule has 0 aromatic carbocycles. The summed E-state index contributed by atoms with van der Waals surface area (Å²) in [5, 5.41) is 26.4. The maximum atomic E-state index is 12.4. The SMILES string of the molecule is CCOC(=O)[C@@H]1CCC[C@H](CBr)C1.N#CC(C#N)CCC(F)(F)F.[C-]#[N+]C(C#N)(CCC(F)(F)F)C[C@H]1CCC[C@@H](C(=O)OCC)C1. The molecule has 0 saturated heterocycles. The van der Waals surface area contributed by atoms with Crippen LogP contribution in [-0.4, -0.2) is 48.4 Å². The van der Waals surface area contributed by atoms with Crippen LogP contribution in [0, 0.1) is 70.2 Å². The van der Waals surface area contributed by atoms with Crippen LogP contribution in [0.3, 0.4) is 0 Å². The molecule has 0 N–H and O–H groups in total. The van der Waals surface area contributed by atoms with Gasteiger partial charge in [0.15, 0.2) is 6.07 Å². The Labute approximate surface area is 281 Å². The van der Waals surface area contributed by atoms with Crippen LogP contribution in [-0.2, 0) is 19.1 Å². The van der Waals surface area contributed by atoms with Gasteiger partial charge in [0.1, 0.15) is 5.92 Å². The molecule has 15 heteroatoms. The number of carbonyl (C=O) groups excluding carboxylic acids is 2. The lowest BCUT2D eigenvalue weighted by Gasteiger charge is -2.29. The predicted octanol–water partition coefficient (Wildman–Crippen LogP) is 9.01. The Kier molecular flexibility index (Phi) is 21.1. The van der Waals surface area contributed by atoms with Gasteiger partial charge < -0.3 is 9.47 Å². The van der Waals surface area contributed by atoms with Gasteiger partial charge in [0.05, 0.1) is 43.6 Å². The van der Waals surface area contributed by atoms with Crippen LogP contribution in [0.4, 0.5) is 26.3 Å². The third-order valence-corrected chi connectivity index (χ3v) is 8.84. The van der Waals surface area contributed by atoms with E-state index in [1.807, 2.05) is 6.92 Å². The van der Waals surface area contributed by atoms with Crippen molar-refractivity contribution in [3.8, 4) is 18.2 Å². The second kappa shape index (κ2) is 22.5. The van der Waals surface area contributed by atoms with Crippen LogP contribution in [0.25, 0.3) is 4.85 Å². The molecule has 5 atom stereocenters. The smallest absolute Gasteiger partial charge is 0.389 e. The van der Waals surface area contributed by atoms with Crippen LogP contribution in [0.15, 0.2) is 0 Å². The highest BCUT2D eigenvalue weighted by Gasteiger charge is 2.44. The molecule has 8 nitrogen and oxygen atoms in total. The molecule has 264 valence electrons. The van der Waals surface area contributed by atoms with Crippen LogP contribution in [0.5, 0.6) is 0 Å². The molecule has 0 bridgehead atoms. The van der Waals surface area contributed by atoms with Gasteiger partial charge in [-0.05, 0) is 64.2 Å². The number of ether oxygens (including phenoxy) is 2. The van der Waals surface area contributed by atoms with Crippen molar-refractivity contribution < 1.29 is 45.4 Å². The molecule has 2 aliphatic rings. The zero-order valence-electron chi connectivity index (χ0n) is 26.8. The average Bonchev–Trinajstić information content (AvgIpc) is 3.03. The summed E-state index contributed by atoms with van der Waals surface area (Å²) in [6.45, 7) is 11.6. The Morgan fingerprint density at radius 3 is 1.68 bits per heavy atom. The lowest BCUT2D eigenvalue weighted by molar-refractivity contribution is -0.150. The van der Waals surface area contributed by atoms with Crippen LogP contribution in [0.1, 0.15) is 97.3 Å². The maximum absolute atomic E-state index is 12.4. The third kappa shape index (κ3) is 19.4. The normalized spacial score (nSPS) is 22.2. The van der Waals surface area contributed by atoms with Gasteiger partial charge in [-0.15, -0.1) is 0 Å². The summed E-state index contributed by atoms with van der Waals surface area (Å²) in [6.07, 6.45) is -4.65. The number of nitriles is 3. The van der Waals surface area contributed by atoms with E-state index in [2.05, 4.69) is 20.8 Å². The molecule has 0 heterocycles. The first-order valence-electron chi connectivity index (χ1n) is 15.6. The summed E-state index contributed by atoms with van der Waals surface area (Å²) >= 11 is 3.47. The highest BCUT2D eigenvalue weighted by atomic mass is 79.9. The van der Waals surface area contributed by atoms with E-state index in [9.17, 15) is 41.2 Å². The summed E-state index contributed by atoms with van der Waals surface area (Å²) in [5.41, 5.74) is -1.66. The number of hydrogen-bond donors (Lipinski definition) is 0. The molecule has 0 radical (unpaired) electrons. The lowest BCUT2D eigenvalue weighted by Crippen LogP contribution is -2.32. The molecule has 0 amide bonds. The van der Waals surface area contributed by atoms with Gasteiger partial charge in [-0.2, -0.15) is 42.1 Å². The van der Waals surface area contributed by atoms with E-state index in [0.29, 0.717) is 25.4 Å². The second-order valence-corrected chi connectivity index (χ2v) is 12.3. The Bertz CT molecular complexity index is 1100. The van der Waals surface area contributed by atoms with Gasteiger partial charge in [0, 0.05) is 24.6 Å². The van der Waals surface area contributed by atoms with Gasteiger partial charge in [-0.3, -0.25) is 14.4 Å². The zero-order chi connectivity index (χ0) is 36.1. The summed E-state index contributed by atoms with van der Waals surface area (Å²) in [4.78, 5) is 26.4. The Morgan fingerprint density at radius 1 is 0.830 bits per heavy atom. The molecule has 1 unspecified atom stereocenters. The van der Waals surface area contributed by atoms with Gasteiger partial charge in [-0.1, -0.05) is 35.2 Å². The molecule has 2 rings (SSSR count). The number of rotatable bonds is 11. The highest BCUT2D eigenvalue weighted by Crippen LogP contribution is 2.39. The highest BCUT2D eigenvalue weighted by molar-refractivity contribution is 9.09. The van der Waals surface area contributed by atoms with Crippen molar-refractivity contribution in [2.24, 2.45) is 29.6 Å². The Morgan fingerprint density at radius 2 is 1.30 bits per heavy atom. The van der Waals surface area contributed by atoms with Gasteiger partial charge in [0.2, 0.25) is 0 Å². The van der Waals surface area contributed by atoms with E-state index in [-0.39, 0.29) is 42.7 Å². The van der Waals surface area contributed by atoms with E-state index in [0.717, 1.165) is 31.0 Å². The van der Waals surface area contributed by atoms with Crippen molar-refractivity contribution in [2.75, 3.05) is 18.5 Å². The quantitative estimate of drug-likeness (QED) is 0.0895. The molecule has 0 aliphatic heterocycles. The minimum atomic E-state index is -4.38. The van der Waals surface area contributed by atoms with E-state index >= 15 is 0 Å². The number of carbonyl (C=O) groups is 2. The minimum Gasteiger partial charge on any atom is -0.466 e. The molecule has 2 saturated carbocycles. The zero-order valence-corrected chi connectivity index (χ0v) is 28.4. The van der Waals surface area contributed by atoms with Gasteiger partial charge in [0.25, 0.3) is 0 Å². The maximum Gasteiger partial charge on any atom is 0.389 e. The van der Waals surface area contributed by atoms with Crippen molar-refractivity contribution in [2.45, 2.75) is 115 Å². The summed E-state index contributed by atoms with van der Waals surface area (Å²) in [5.74, 6) is -0.972. The molecule has 0 aromatic heterocycles. The summed E-state index contributed by atoms with van der Waals surface area (Å²) in [7, 11) is 0. The first-order chi connectivity index (χ1) is 22.0. The summed E-state index contributed by atoms with van der Waals surface area (Å²) in [6, 6.07) is 4.71. The fourth-order valence-corrected chi connectivity index (χ4v) is 6.07. The molecule has 0 spiro atoms. The predicted molar refractivity (Wildman–Crippen MR) is 163 cm³/mol. The topological polar surface area (TPSA) is 128 Å². The number of nitrogens with zero attached hydrogens (tertiary/aromatic N) is 4. The van der Waals surface area contributed by atoms with Crippen molar-refractivity contribution >= 4 is 27.9 Å². The van der Waals surface area contributed by atoms with Crippen molar-refractivity contribution in [3.63, 3.8) is 0 Å². The van der Waals surface area contributed by atoms with E-state index in [1.165, 1.54) is 25.0 Å². The average molecular weight is 742 g/mol. The van der Waals surface area contributed by atoms with E-state index in [4.69, 9.17) is 26.6 Å². The Balaban J connectivity index is 0.000000744. The number of esters is 2. The molecular formula is C32H43BrF6N4O4. The molecule has 47 heavy (non-hydrogen) atoms. The molecule has 0 aromatic rings.